The zero-order chi connectivity index (χ0) is 15.1. The summed E-state index contributed by atoms with van der Waals surface area (Å²) >= 11 is 0. The highest BCUT2D eigenvalue weighted by Crippen LogP contribution is 2.35. The molecule has 0 fully saturated rings. The lowest BCUT2D eigenvalue weighted by Gasteiger charge is -2.20. The highest BCUT2D eigenvalue weighted by Gasteiger charge is 2.19. The van der Waals surface area contributed by atoms with E-state index in [9.17, 15) is 4.79 Å². The topological polar surface area (TPSA) is 73.6 Å². The van der Waals surface area contributed by atoms with Gasteiger partial charge in [0.1, 0.15) is 0 Å². The van der Waals surface area contributed by atoms with Crippen molar-refractivity contribution in [2.24, 2.45) is 5.73 Å². The minimum absolute atomic E-state index is 0.0697. The zero-order valence-electron chi connectivity index (χ0n) is 12.0. The molecule has 2 aromatic carbocycles. The Morgan fingerprint density at radius 1 is 1.00 bits per heavy atom. The number of carbonyl (C=O) groups excluding carboxylic acids is 1. The number of amides is 1. The highest BCUT2D eigenvalue weighted by molar-refractivity contribution is 5.93. The lowest BCUT2D eigenvalue weighted by atomic mass is 9.94. The van der Waals surface area contributed by atoms with Crippen LogP contribution < -0.4 is 20.5 Å². The highest BCUT2D eigenvalue weighted by atomic mass is 16.7. The number of carbonyl (C=O) groups is 1. The van der Waals surface area contributed by atoms with Crippen molar-refractivity contribution in [2.45, 2.75) is 18.9 Å². The molecule has 5 nitrogen and oxygen atoms in total. The molecule has 0 bridgehead atoms. The molecular weight excluding hydrogens is 280 g/mol. The summed E-state index contributed by atoms with van der Waals surface area (Å²) in [5.41, 5.74) is 10.4. The van der Waals surface area contributed by atoms with Gasteiger partial charge >= 0.3 is 0 Å². The molecule has 1 unspecified atom stereocenters. The Hall–Kier alpha value is -2.53. The number of nitrogens with two attached hydrogens (primary N) is 1. The first-order valence-electron chi connectivity index (χ1n) is 7.28. The summed E-state index contributed by atoms with van der Waals surface area (Å²) in [7, 11) is 0. The molecule has 2 aliphatic heterocycles. The Balaban J connectivity index is 1.65. The maximum Gasteiger partial charge on any atom is 0.231 e. The molecule has 1 atom stereocenters. The Morgan fingerprint density at radius 2 is 1.77 bits per heavy atom. The summed E-state index contributed by atoms with van der Waals surface area (Å²) < 4.78 is 10.7. The average Bonchev–Trinajstić information content (AvgIpc) is 3.01. The van der Waals surface area contributed by atoms with E-state index in [0.29, 0.717) is 6.42 Å². The molecule has 4 rings (SSSR count). The van der Waals surface area contributed by atoms with E-state index in [1.807, 2.05) is 30.3 Å². The normalized spacial score (nSPS) is 16.9. The first-order chi connectivity index (χ1) is 10.7. The lowest BCUT2D eigenvalue weighted by Crippen LogP contribution is -2.20. The van der Waals surface area contributed by atoms with Crippen LogP contribution in [0.15, 0.2) is 36.4 Å². The predicted molar refractivity (Wildman–Crippen MR) is 82.0 cm³/mol. The third-order valence-corrected chi connectivity index (χ3v) is 4.14. The molecule has 2 aliphatic rings. The number of aryl methyl sites for hydroxylation is 1. The standard InChI is InChI=1S/C17H16N2O3/c18-17(12-2-5-14-15(8-12)22-9-21-14)11-1-4-13-10(7-11)3-6-16(20)19-13/h1-2,4-5,7-8,17H,3,6,9,18H2,(H,19,20). The van der Waals surface area contributed by atoms with Crippen molar-refractivity contribution in [3.8, 4) is 11.5 Å². The third-order valence-electron chi connectivity index (χ3n) is 4.14. The molecule has 5 heteroatoms. The fraction of sp³-hybridized carbons (Fsp3) is 0.235. The van der Waals surface area contributed by atoms with Crippen molar-refractivity contribution in [2.75, 3.05) is 12.1 Å². The molecule has 1 amide bonds. The van der Waals surface area contributed by atoms with E-state index in [1.165, 1.54) is 0 Å². The summed E-state index contributed by atoms with van der Waals surface area (Å²) in [5, 5.41) is 2.88. The number of benzene rings is 2. The Kier molecular flexibility index (Phi) is 3.01. The van der Waals surface area contributed by atoms with Gasteiger partial charge in [0.25, 0.3) is 0 Å². The first kappa shape index (κ1) is 13.2. The fourth-order valence-electron chi connectivity index (χ4n) is 2.90. The second-order valence-corrected chi connectivity index (χ2v) is 5.56. The maximum atomic E-state index is 11.4. The molecule has 0 aromatic heterocycles. The summed E-state index contributed by atoms with van der Waals surface area (Å²) in [6.45, 7) is 0.257. The van der Waals surface area contributed by atoms with E-state index in [1.54, 1.807) is 0 Å². The van der Waals surface area contributed by atoms with Crippen LogP contribution in [0.2, 0.25) is 0 Å². The molecular formula is C17H16N2O3. The quantitative estimate of drug-likeness (QED) is 0.892. The molecule has 2 aromatic rings. The van der Waals surface area contributed by atoms with Gasteiger partial charge in [-0.05, 0) is 41.3 Å². The fourth-order valence-corrected chi connectivity index (χ4v) is 2.90. The molecule has 112 valence electrons. The smallest absolute Gasteiger partial charge is 0.231 e. The van der Waals surface area contributed by atoms with Gasteiger partial charge in [0.05, 0.1) is 6.04 Å². The molecule has 0 radical (unpaired) electrons. The van der Waals surface area contributed by atoms with Crippen LogP contribution in [0.3, 0.4) is 0 Å². The van der Waals surface area contributed by atoms with Gasteiger partial charge in [0.15, 0.2) is 11.5 Å². The maximum absolute atomic E-state index is 11.4. The van der Waals surface area contributed by atoms with Crippen molar-refractivity contribution in [3.05, 3.63) is 53.1 Å². The molecule has 0 saturated carbocycles. The zero-order valence-corrected chi connectivity index (χ0v) is 12.0. The van der Waals surface area contributed by atoms with Crippen molar-refractivity contribution in [1.82, 2.24) is 0 Å². The van der Waals surface area contributed by atoms with Gasteiger partial charge in [-0.2, -0.15) is 0 Å². The predicted octanol–water partition coefficient (Wildman–Crippen LogP) is 2.35. The van der Waals surface area contributed by atoms with Crippen molar-refractivity contribution >= 4 is 11.6 Å². The Morgan fingerprint density at radius 3 is 2.68 bits per heavy atom. The van der Waals surface area contributed by atoms with Crippen LogP contribution in [0.25, 0.3) is 0 Å². The summed E-state index contributed by atoms with van der Waals surface area (Å²) in [4.78, 5) is 11.4. The van der Waals surface area contributed by atoms with E-state index < -0.39 is 0 Å². The van der Waals surface area contributed by atoms with Crippen molar-refractivity contribution in [3.63, 3.8) is 0 Å². The van der Waals surface area contributed by atoms with Gasteiger partial charge in [-0.15, -0.1) is 0 Å². The number of fused-ring (bicyclic) bond motifs is 2. The van der Waals surface area contributed by atoms with Crippen LogP contribution in [0.1, 0.15) is 29.2 Å². The minimum Gasteiger partial charge on any atom is -0.454 e. The largest absolute Gasteiger partial charge is 0.454 e. The van der Waals surface area contributed by atoms with Gasteiger partial charge in [0, 0.05) is 12.1 Å². The van der Waals surface area contributed by atoms with Crippen molar-refractivity contribution < 1.29 is 14.3 Å². The first-order valence-corrected chi connectivity index (χ1v) is 7.28. The van der Waals surface area contributed by atoms with Crippen LogP contribution in [0.5, 0.6) is 11.5 Å². The van der Waals surface area contributed by atoms with Crippen molar-refractivity contribution in [1.29, 1.82) is 0 Å². The Labute approximate surface area is 128 Å². The SMILES string of the molecule is NC(c1ccc2c(c1)CCC(=O)N2)c1ccc2c(c1)OCO2. The minimum atomic E-state index is -0.238. The molecule has 0 saturated heterocycles. The molecule has 0 aliphatic carbocycles. The van der Waals surface area contributed by atoms with Crippen LogP contribution in [-0.4, -0.2) is 12.7 Å². The van der Waals surface area contributed by atoms with Crippen LogP contribution in [0, 0.1) is 0 Å². The molecule has 2 heterocycles. The number of hydrogen-bond donors (Lipinski definition) is 2. The molecule has 22 heavy (non-hydrogen) atoms. The van der Waals surface area contributed by atoms with Gasteiger partial charge in [-0.3, -0.25) is 4.79 Å². The van der Waals surface area contributed by atoms with Gasteiger partial charge in [-0.25, -0.2) is 0 Å². The number of hydrogen-bond acceptors (Lipinski definition) is 4. The van der Waals surface area contributed by atoms with E-state index in [-0.39, 0.29) is 18.7 Å². The van der Waals surface area contributed by atoms with Crippen LogP contribution >= 0.6 is 0 Å². The number of nitrogens with one attached hydrogen (secondary N) is 1. The van der Waals surface area contributed by atoms with Gasteiger partial charge in [0.2, 0.25) is 12.7 Å². The van der Waals surface area contributed by atoms with Crippen LogP contribution in [0.4, 0.5) is 5.69 Å². The van der Waals surface area contributed by atoms with Crippen LogP contribution in [-0.2, 0) is 11.2 Å². The summed E-state index contributed by atoms with van der Waals surface area (Å²) in [6.07, 6.45) is 1.28. The average molecular weight is 296 g/mol. The molecule has 3 N–H and O–H groups in total. The monoisotopic (exact) mass is 296 g/mol. The van der Waals surface area contributed by atoms with E-state index in [4.69, 9.17) is 15.2 Å². The summed E-state index contributed by atoms with van der Waals surface area (Å²) in [5.74, 6) is 1.56. The Bertz CT molecular complexity index is 758. The summed E-state index contributed by atoms with van der Waals surface area (Å²) in [6, 6.07) is 11.5. The van der Waals surface area contributed by atoms with Gasteiger partial charge in [-0.1, -0.05) is 18.2 Å². The third kappa shape index (κ3) is 2.19. The number of ether oxygens (including phenoxy) is 2. The second-order valence-electron chi connectivity index (χ2n) is 5.56. The van der Waals surface area contributed by atoms with E-state index in [2.05, 4.69) is 11.4 Å². The van der Waals surface area contributed by atoms with E-state index >= 15 is 0 Å². The van der Waals surface area contributed by atoms with Gasteiger partial charge < -0.3 is 20.5 Å². The number of rotatable bonds is 2. The lowest BCUT2D eigenvalue weighted by molar-refractivity contribution is -0.116. The number of anilines is 1. The van der Waals surface area contributed by atoms with E-state index in [0.717, 1.165) is 40.3 Å². The second kappa shape index (κ2) is 5.03. The molecule has 0 spiro atoms.